The second kappa shape index (κ2) is 6.93. The lowest BCUT2D eigenvalue weighted by molar-refractivity contribution is 0.411. The number of fused-ring (bicyclic) bond motifs is 6. The maximum atomic E-state index is 8.93. The van der Waals surface area contributed by atoms with E-state index in [9.17, 15) is 0 Å². The average Bonchev–Trinajstić information content (AvgIpc) is 3.22. The fourth-order valence-electron chi connectivity index (χ4n) is 4.37. The van der Waals surface area contributed by atoms with Crippen LogP contribution in [-0.4, -0.2) is 4.98 Å². The lowest BCUT2D eigenvalue weighted by Gasteiger charge is -2.18. The minimum Gasteiger partial charge on any atom is -0.455 e. The summed E-state index contributed by atoms with van der Waals surface area (Å²) >= 11 is 0. The first kappa shape index (κ1) is 14.4. The number of hydrogen-bond acceptors (Lipinski definition) is 2. The van der Waals surface area contributed by atoms with Crippen LogP contribution in [0, 0.1) is 5.41 Å². The van der Waals surface area contributed by atoms with Crippen LogP contribution in [-0.2, 0) is 6.37 Å². The van der Waals surface area contributed by atoms with Crippen molar-refractivity contribution in [3.8, 4) is 11.3 Å². The quantitative estimate of drug-likeness (QED) is 0.262. The Morgan fingerprint density at radius 2 is 1.69 bits per heavy atom. The summed E-state index contributed by atoms with van der Waals surface area (Å²) in [5.74, 6) is 0. The van der Waals surface area contributed by atoms with E-state index < -0.39 is 11.8 Å². The number of aromatic nitrogens is 1. The second-order valence-corrected chi connectivity index (χ2v) is 9.21. The molecule has 32 heavy (non-hydrogen) atoms. The van der Waals surface area contributed by atoms with Gasteiger partial charge in [-0.25, -0.2) is 0 Å². The summed E-state index contributed by atoms with van der Waals surface area (Å²) in [7, 11) is 0. The number of rotatable bonds is 2. The first-order chi connectivity index (χ1) is 17.5. The molecule has 0 radical (unpaired) electrons. The molecule has 4 aromatic carbocycles. The van der Waals surface area contributed by atoms with E-state index in [0.717, 1.165) is 32.3 Å². The Balaban J connectivity index is 1.66. The zero-order valence-electron chi connectivity index (χ0n) is 23.2. The van der Waals surface area contributed by atoms with Gasteiger partial charge in [0.05, 0.1) is 9.81 Å². The molecule has 2 heteroatoms. The van der Waals surface area contributed by atoms with E-state index in [4.69, 9.17) is 11.3 Å². The van der Waals surface area contributed by atoms with Crippen molar-refractivity contribution < 1.29 is 11.3 Å². The van der Waals surface area contributed by atoms with Crippen LogP contribution in [0.15, 0.2) is 89.4 Å². The van der Waals surface area contributed by atoms with E-state index in [1.54, 1.807) is 26.8 Å². The molecular formula is C30H25NO. The summed E-state index contributed by atoms with van der Waals surface area (Å²) < 4.78 is 49.6. The Labute approximate surface area is 194 Å². The number of para-hydroxylation sites is 1. The highest BCUT2D eigenvalue weighted by atomic mass is 16.3. The van der Waals surface area contributed by atoms with Crippen LogP contribution in [0.25, 0.3) is 54.7 Å². The van der Waals surface area contributed by atoms with Crippen LogP contribution in [0.2, 0.25) is 0 Å². The standard InChI is InChI=1S/C30H25NO/c1-30(2,3)18-19-13-14-31-27(15-19)24-10-6-9-23-26-16-21-12-11-20-7-4-5-8-22(20)25(21)17-28(26)32-29(23)24/h4-17H,18H2,1-3H3/i13D,14D,15D,18D2. The van der Waals surface area contributed by atoms with Gasteiger partial charge in [0.15, 0.2) is 0 Å². The molecule has 0 spiro atoms. The summed E-state index contributed by atoms with van der Waals surface area (Å²) in [6.07, 6.45) is -2.38. The van der Waals surface area contributed by atoms with Crippen molar-refractivity contribution >= 4 is 43.5 Å². The lowest BCUT2D eigenvalue weighted by atomic mass is 9.88. The van der Waals surface area contributed by atoms with Crippen molar-refractivity contribution in [2.75, 3.05) is 0 Å². The monoisotopic (exact) mass is 420 g/mol. The van der Waals surface area contributed by atoms with Crippen molar-refractivity contribution in [3.05, 3.63) is 90.6 Å². The number of pyridine rings is 1. The maximum Gasteiger partial charge on any atom is 0.144 e. The molecule has 0 fully saturated rings. The van der Waals surface area contributed by atoms with Crippen molar-refractivity contribution in [1.29, 1.82) is 0 Å². The van der Waals surface area contributed by atoms with Crippen molar-refractivity contribution in [2.45, 2.75) is 27.1 Å². The summed E-state index contributed by atoms with van der Waals surface area (Å²) in [6.45, 7) is 5.18. The molecule has 0 aliphatic heterocycles. The molecule has 0 bridgehead atoms. The number of benzene rings is 4. The predicted octanol–water partition coefficient (Wildman–Crippen LogP) is 8.54. The molecule has 2 heterocycles. The van der Waals surface area contributed by atoms with Crippen LogP contribution < -0.4 is 0 Å². The maximum absolute atomic E-state index is 8.93. The number of furan rings is 1. The second-order valence-electron chi connectivity index (χ2n) is 9.21. The third-order valence-electron chi connectivity index (χ3n) is 5.71. The summed E-state index contributed by atoms with van der Waals surface area (Å²) in [5, 5.41) is 6.24. The molecular weight excluding hydrogens is 390 g/mol. The normalized spacial score (nSPS) is 15.0. The SMILES string of the molecule is [2H]c1nc(-c2cccc3c2oc2cc4c(ccc5ccccc54)cc23)c([2H])c(C([2H])([2H])C(C)(C)C)c1[2H]. The summed E-state index contributed by atoms with van der Waals surface area (Å²) in [5.41, 5.74) is 0.859. The molecule has 0 saturated heterocycles. The van der Waals surface area contributed by atoms with E-state index in [0.29, 0.717) is 16.7 Å². The van der Waals surface area contributed by atoms with Gasteiger partial charge in [-0.3, -0.25) is 4.98 Å². The number of nitrogens with zero attached hydrogens (tertiary/aromatic N) is 1. The third kappa shape index (κ3) is 3.15. The highest BCUT2D eigenvalue weighted by Gasteiger charge is 2.16. The van der Waals surface area contributed by atoms with Gasteiger partial charge in [-0.1, -0.05) is 69.3 Å². The minimum absolute atomic E-state index is 0.125. The molecule has 0 N–H and O–H groups in total. The van der Waals surface area contributed by atoms with Crippen LogP contribution >= 0.6 is 0 Å². The van der Waals surface area contributed by atoms with E-state index in [1.807, 2.05) is 30.3 Å². The Kier molecular flexibility index (Phi) is 3.12. The molecule has 2 nitrogen and oxygen atoms in total. The fraction of sp³-hybridized carbons (Fsp3) is 0.167. The van der Waals surface area contributed by atoms with Crippen molar-refractivity contribution in [1.82, 2.24) is 4.98 Å². The summed E-state index contributed by atoms with van der Waals surface area (Å²) in [4.78, 5) is 4.28. The molecule has 0 saturated carbocycles. The Morgan fingerprint density at radius 3 is 2.56 bits per heavy atom. The highest BCUT2D eigenvalue weighted by Crippen LogP contribution is 2.38. The third-order valence-corrected chi connectivity index (χ3v) is 5.71. The average molecular weight is 421 g/mol. The highest BCUT2D eigenvalue weighted by molar-refractivity contribution is 6.17. The van der Waals surface area contributed by atoms with Gasteiger partial charge in [-0.2, -0.15) is 0 Å². The van der Waals surface area contributed by atoms with Gasteiger partial charge >= 0.3 is 0 Å². The van der Waals surface area contributed by atoms with Crippen LogP contribution in [0.1, 0.15) is 33.2 Å². The minimum atomic E-state index is -2.02. The molecule has 156 valence electrons. The van der Waals surface area contributed by atoms with Crippen LogP contribution in [0.3, 0.4) is 0 Å². The largest absolute Gasteiger partial charge is 0.455 e. The molecule has 6 aromatic rings. The van der Waals surface area contributed by atoms with Gasteiger partial charge in [0.25, 0.3) is 0 Å². The molecule has 0 unspecified atom stereocenters. The van der Waals surface area contributed by atoms with E-state index in [-0.39, 0.29) is 29.5 Å². The van der Waals surface area contributed by atoms with Crippen molar-refractivity contribution in [3.63, 3.8) is 0 Å². The van der Waals surface area contributed by atoms with Gasteiger partial charge in [0, 0.05) is 25.3 Å². The fourth-order valence-corrected chi connectivity index (χ4v) is 4.37. The lowest BCUT2D eigenvalue weighted by Crippen LogP contribution is -2.09. The van der Waals surface area contributed by atoms with E-state index in [2.05, 4.69) is 35.3 Å². The summed E-state index contributed by atoms with van der Waals surface area (Å²) in [6, 6.07) is 21.6. The van der Waals surface area contributed by atoms with Crippen LogP contribution in [0.4, 0.5) is 0 Å². The van der Waals surface area contributed by atoms with E-state index in [1.165, 1.54) is 0 Å². The Hall–Kier alpha value is -3.65. The zero-order chi connectivity index (χ0) is 26.3. The van der Waals surface area contributed by atoms with Gasteiger partial charge < -0.3 is 4.42 Å². The van der Waals surface area contributed by atoms with Gasteiger partial charge in [0.2, 0.25) is 0 Å². The zero-order valence-corrected chi connectivity index (χ0v) is 18.2. The first-order valence-electron chi connectivity index (χ1n) is 13.2. The van der Waals surface area contributed by atoms with Crippen LogP contribution in [0.5, 0.6) is 0 Å². The van der Waals surface area contributed by atoms with Crippen molar-refractivity contribution in [2.24, 2.45) is 5.41 Å². The number of hydrogen-bond donors (Lipinski definition) is 0. The topological polar surface area (TPSA) is 26.0 Å². The molecule has 2 aromatic heterocycles. The Bertz CT molecular complexity index is 1880. The van der Waals surface area contributed by atoms with Gasteiger partial charge in [0.1, 0.15) is 11.2 Å². The molecule has 0 amide bonds. The molecule has 0 atom stereocenters. The van der Waals surface area contributed by atoms with Gasteiger partial charge in [-0.15, -0.1) is 0 Å². The molecule has 6 rings (SSSR count). The predicted molar refractivity (Wildman–Crippen MR) is 135 cm³/mol. The smallest absolute Gasteiger partial charge is 0.144 e. The Morgan fingerprint density at radius 1 is 0.875 bits per heavy atom. The molecule has 0 aliphatic rings. The first-order valence-corrected chi connectivity index (χ1v) is 10.7. The van der Waals surface area contributed by atoms with E-state index >= 15 is 0 Å². The molecule has 0 aliphatic carbocycles. The van der Waals surface area contributed by atoms with Gasteiger partial charge in [-0.05, 0) is 69.2 Å².